The van der Waals surface area contributed by atoms with Crippen LogP contribution in [0.25, 0.3) is 0 Å². The smallest absolute Gasteiger partial charge is 0.335 e. The van der Waals surface area contributed by atoms with Gasteiger partial charge in [0.05, 0.1) is 0 Å². The minimum Gasteiger partial charge on any atom is -0.369 e. The van der Waals surface area contributed by atoms with Crippen molar-refractivity contribution in [3.63, 3.8) is 0 Å². The molecule has 2 N–H and O–H groups in total. The maximum Gasteiger partial charge on any atom is 0.335 e. The highest BCUT2D eigenvalue weighted by Crippen LogP contribution is 2.10. The van der Waals surface area contributed by atoms with Crippen molar-refractivity contribution >= 4 is 8.56 Å². The van der Waals surface area contributed by atoms with Crippen LogP contribution in [0.5, 0.6) is 0 Å². The molecular formula is C6H16O4Si. The minimum atomic E-state index is -2.33. The third-order valence-electron chi connectivity index (χ3n) is 0.909. The number of rotatable bonds is 4. The third kappa shape index (κ3) is 6.45. The van der Waals surface area contributed by atoms with Crippen molar-refractivity contribution in [3.8, 4) is 0 Å². The number of aliphatic hydroxyl groups excluding tert-OH is 2. The summed E-state index contributed by atoms with van der Waals surface area (Å²) in [5, 5.41) is 17.7. The van der Waals surface area contributed by atoms with Crippen molar-refractivity contribution in [1.82, 2.24) is 0 Å². The van der Waals surface area contributed by atoms with Crippen molar-refractivity contribution in [1.29, 1.82) is 0 Å². The first kappa shape index (κ1) is 11.1. The van der Waals surface area contributed by atoms with Gasteiger partial charge >= 0.3 is 8.56 Å². The van der Waals surface area contributed by atoms with Crippen molar-refractivity contribution in [2.45, 2.75) is 39.5 Å². The van der Waals surface area contributed by atoms with E-state index in [-0.39, 0.29) is 0 Å². The van der Waals surface area contributed by atoms with Crippen molar-refractivity contribution in [3.05, 3.63) is 0 Å². The Balaban J connectivity index is 3.79. The zero-order valence-electron chi connectivity index (χ0n) is 7.37. The molecule has 0 aromatic heterocycles. The van der Waals surface area contributed by atoms with E-state index < -0.39 is 21.1 Å². The van der Waals surface area contributed by atoms with Gasteiger partial charge in [-0.1, -0.05) is 0 Å². The molecule has 5 heteroatoms. The Morgan fingerprint density at radius 3 is 1.45 bits per heavy atom. The van der Waals surface area contributed by atoms with Crippen LogP contribution < -0.4 is 0 Å². The summed E-state index contributed by atoms with van der Waals surface area (Å²) in [5.41, 5.74) is 0. The largest absolute Gasteiger partial charge is 0.369 e. The molecule has 0 saturated heterocycles. The molecule has 68 valence electrons. The molecule has 11 heavy (non-hydrogen) atoms. The number of hydrogen-bond acceptors (Lipinski definition) is 4. The first-order valence-corrected chi connectivity index (χ1v) is 6.37. The van der Waals surface area contributed by atoms with Gasteiger partial charge in [0, 0.05) is 0 Å². The van der Waals surface area contributed by atoms with E-state index in [1.54, 1.807) is 13.1 Å². The third-order valence-corrected chi connectivity index (χ3v) is 2.73. The Kier molecular flexibility index (Phi) is 4.20. The monoisotopic (exact) mass is 180 g/mol. The van der Waals surface area contributed by atoms with Crippen LogP contribution in [0.1, 0.15) is 13.8 Å². The summed E-state index contributed by atoms with van der Waals surface area (Å²) in [6, 6.07) is 0. The highest BCUT2D eigenvalue weighted by molar-refractivity contribution is 6.64. The highest BCUT2D eigenvalue weighted by Gasteiger charge is 2.28. The van der Waals surface area contributed by atoms with Crippen LogP contribution >= 0.6 is 0 Å². The maximum absolute atomic E-state index is 8.85. The lowest BCUT2D eigenvalue weighted by molar-refractivity contribution is -0.0720. The molecule has 4 nitrogen and oxygen atoms in total. The van der Waals surface area contributed by atoms with E-state index in [1.165, 1.54) is 13.8 Å². The molecule has 0 heterocycles. The molecule has 0 aromatic rings. The van der Waals surface area contributed by atoms with Crippen LogP contribution in [0.4, 0.5) is 0 Å². The van der Waals surface area contributed by atoms with Gasteiger partial charge < -0.3 is 19.1 Å². The average molecular weight is 180 g/mol. The van der Waals surface area contributed by atoms with Crippen LogP contribution in [0.2, 0.25) is 13.1 Å². The summed E-state index contributed by atoms with van der Waals surface area (Å²) in [7, 11) is -2.33. The second-order valence-electron chi connectivity index (χ2n) is 2.83. The van der Waals surface area contributed by atoms with E-state index >= 15 is 0 Å². The van der Waals surface area contributed by atoms with Gasteiger partial charge in [0.25, 0.3) is 0 Å². The van der Waals surface area contributed by atoms with Crippen LogP contribution in [-0.2, 0) is 8.85 Å². The molecule has 0 saturated carbocycles. The van der Waals surface area contributed by atoms with E-state index in [9.17, 15) is 0 Å². The van der Waals surface area contributed by atoms with Gasteiger partial charge in [0.1, 0.15) is 12.6 Å². The molecular weight excluding hydrogens is 164 g/mol. The molecule has 0 spiro atoms. The predicted octanol–water partition coefficient (Wildman–Crippen LogP) is 0.398. The second kappa shape index (κ2) is 4.17. The molecule has 0 aromatic carbocycles. The Hall–Kier alpha value is 0.0569. The van der Waals surface area contributed by atoms with Crippen LogP contribution in [0, 0.1) is 0 Å². The second-order valence-corrected chi connectivity index (χ2v) is 6.11. The first-order chi connectivity index (χ1) is 4.83. The summed E-state index contributed by atoms with van der Waals surface area (Å²) in [4.78, 5) is 0. The zero-order chi connectivity index (χ0) is 9.07. The molecule has 0 radical (unpaired) electrons. The van der Waals surface area contributed by atoms with Crippen LogP contribution in [0.15, 0.2) is 0 Å². The lowest BCUT2D eigenvalue weighted by atomic mass is 10.8. The summed E-state index contributed by atoms with van der Waals surface area (Å²) in [5.74, 6) is 0. The van der Waals surface area contributed by atoms with Gasteiger partial charge in [-0.25, -0.2) is 0 Å². The summed E-state index contributed by atoms with van der Waals surface area (Å²) < 4.78 is 10.1. The zero-order valence-corrected chi connectivity index (χ0v) is 8.37. The van der Waals surface area contributed by atoms with Crippen LogP contribution in [-0.4, -0.2) is 31.4 Å². The van der Waals surface area contributed by atoms with Crippen molar-refractivity contribution < 1.29 is 19.1 Å². The molecule has 0 rings (SSSR count). The van der Waals surface area contributed by atoms with E-state index in [0.717, 1.165) is 0 Å². The van der Waals surface area contributed by atoms with Gasteiger partial charge in [-0.2, -0.15) is 0 Å². The summed E-state index contributed by atoms with van der Waals surface area (Å²) in [6.07, 6.45) is -1.68. The minimum absolute atomic E-state index is 0.838. The van der Waals surface area contributed by atoms with Gasteiger partial charge in [-0.3, -0.25) is 0 Å². The lowest BCUT2D eigenvalue weighted by Gasteiger charge is -2.25. The van der Waals surface area contributed by atoms with Crippen molar-refractivity contribution in [2.24, 2.45) is 0 Å². The van der Waals surface area contributed by atoms with E-state index in [1.807, 2.05) is 0 Å². The molecule has 0 aliphatic carbocycles. The fraction of sp³-hybridized carbons (Fsp3) is 1.00. The Morgan fingerprint density at radius 1 is 1.00 bits per heavy atom. The van der Waals surface area contributed by atoms with Gasteiger partial charge in [-0.05, 0) is 26.9 Å². The predicted molar refractivity (Wildman–Crippen MR) is 43.0 cm³/mol. The molecule has 0 aliphatic heterocycles. The topological polar surface area (TPSA) is 58.9 Å². The summed E-state index contributed by atoms with van der Waals surface area (Å²) in [6.45, 7) is 6.54. The van der Waals surface area contributed by atoms with Crippen LogP contribution in [0.3, 0.4) is 0 Å². The van der Waals surface area contributed by atoms with E-state index in [0.29, 0.717) is 0 Å². The number of hydrogen-bond donors (Lipinski definition) is 2. The van der Waals surface area contributed by atoms with Crippen molar-refractivity contribution in [2.75, 3.05) is 0 Å². The molecule has 0 fully saturated rings. The molecule has 0 amide bonds. The Morgan fingerprint density at radius 2 is 1.27 bits per heavy atom. The van der Waals surface area contributed by atoms with E-state index in [2.05, 4.69) is 0 Å². The highest BCUT2D eigenvalue weighted by atomic mass is 28.4. The summed E-state index contributed by atoms with van der Waals surface area (Å²) >= 11 is 0. The Labute approximate surface area is 68.0 Å². The normalized spacial score (nSPS) is 18.0. The fourth-order valence-electron chi connectivity index (χ4n) is 0.849. The molecule has 2 unspecified atom stereocenters. The standard InChI is InChI=1S/C6H16O4Si/c1-5(7)9-11(3,4)10-6(2)8/h5-8H,1-4H3. The number of aliphatic hydroxyl groups is 2. The average Bonchev–Trinajstić information content (AvgIpc) is 1.53. The van der Waals surface area contributed by atoms with E-state index in [4.69, 9.17) is 19.1 Å². The molecule has 0 aliphatic rings. The first-order valence-electron chi connectivity index (χ1n) is 3.55. The maximum atomic E-state index is 8.85. The fourth-order valence-corrected chi connectivity index (χ4v) is 2.55. The molecule has 2 atom stereocenters. The Bertz CT molecular complexity index is 101. The van der Waals surface area contributed by atoms with Gasteiger partial charge in [0.15, 0.2) is 0 Å². The van der Waals surface area contributed by atoms with Gasteiger partial charge in [0.2, 0.25) is 0 Å². The molecule has 0 bridgehead atoms. The SMILES string of the molecule is CC(O)O[Si](C)(C)OC(C)O. The van der Waals surface area contributed by atoms with Gasteiger partial charge in [-0.15, -0.1) is 0 Å². The lowest BCUT2D eigenvalue weighted by Crippen LogP contribution is -2.40. The quantitative estimate of drug-likeness (QED) is 0.485.